The summed E-state index contributed by atoms with van der Waals surface area (Å²) in [6, 6.07) is 0.0863. The molecule has 4 nitrogen and oxygen atoms in total. The monoisotopic (exact) mass is 211 g/mol. The zero-order valence-corrected chi connectivity index (χ0v) is 9.41. The van der Waals surface area contributed by atoms with Crippen LogP contribution >= 0.6 is 0 Å². The average Bonchev–Trinajstić information content (AvgIpc) is 2.16. The first-order chi connectivity index (χ1) is 7.10. The molecular formula is C11H17NO3. The van der Waals surface area contributed by atoms with E-state index in [1.807, 2.05) is 6.92 Å². The van der Waals surface area contributed by atoms with Gasteiger partial charge in [-0.1, -0.05) is 6.92 Å². The molecule has 0 aromatic carbocycles. The molecule has 0 aliphatic carbocycles. The van der Waals surface area contributed by atoms with Crippen LogP contribution in [0, 0.1) is 0 Å². The molecule has 1 heterocycles. The van der Waals surface area contributed by atoms with Crippen LogP contribution in [0.25, 0.3) is 0 Å². The Morgan fingerprint density at radius 2 is 2.27 bits per heavy atom. The van der Waals surface area contributed by atoms with Crippen LogP contribution < -0.4 is 0 Å². The van der Waals surface area contributed by atoms with Crippen molar-refractivity contribution in [3.63, 3.8) is 0 Å². The molecule has 1 N–H and O–H groups in total. The van der Waals surface area contributed by atoms with E-state index in [2.05, 4.69) is 4.99 Å². The average molecular weight is 211 g/mol. The molecule has 0 spiro atoms. The molecule has 1 atom stereocenters. The summed E-state index contributed by atoms with van der Waals surface area (Å²) in [6.07, 6.45) is 1.29. The van der Waals surface area contributed by atoms with E-state index in [-0.39, 0.29) is 17.4 Å². The minimum absolute atomic E-state index is 0.0863. The van der Waals surface area contributed by atoms with E-state index >= 15 is 0 Å². The maximum absolute atomic E-state index is 11.5. The van der Waals surface area contributed by atoms with Gasteiger partial charge in [0.25, 0.3) is 0 Å². The van der Waals surface area contributed by atoms with Gasteiger partial charge in [-0.15, -0.1) is 0 Å². The summed E-state index contributed by atoms with van der Waals surface area (Å²) in [5.41, 5.74) is 0.811. The van der Waals surface area contributed by atoms with E-state index in [4.69, 9.17) is 4.74 Å². The van der Waals surface area contributed by atoms with Crippen molar-refractivity contribution in [2.75, 3.05) is 6.61 Å². The molecule has 4 heteroatoms. The van der Waals surface area contributed by atoms with E-state index < -0.39 is 5.97 Å². The summed E-state index contributed by atoms with van der Waals surface area (Å²) in [5.74, 6) is -0.376. The van der Waals surface area contributed by atoms with Crippen LogP contribution in [-0.4, -0.2) is 29.4 Å². The van der Waals surface area contributed by atoms with Crippen LogP contribution in [0.3, 0.4) is 0 Å². The highest BCUT2D eigenvalue weighted by Gasteiger charge is 2.25. The van der Waals surface area contributed by atoms with Gasteiger partial charge >= 0.3 is 5.97 Å². The molecule has 15 heavy (non-hydrogen) atoms. The zero-order valence-electron chi connectivity index (χ0n) is 9.41. The smallest absolute Gasteiger partial charge is 0.343 e. The van der Waals surface area contributed by atoms with Crippen LogP contribution in [0.2, 0.25) is 0 Å². The lowest BCUT2D eigenvalue weighted by atomic mass is 10.00. The SMILES string of the molecule is CCOC(=O)C1=C(O)CC(CC)N=C1C. The highest BCUT2D eigenvalue weighted by molar-refractivity contribution is 6.19. The third kappa shape index (κ3) is 2.58. The molecule has 1 unspecified atom stereocenters. The van der Waals surface area contributed by atoms with Gasteiger partial charge in [0, 0.05) is 12.1 Å². The summed E-state index contributed by atoms with van der Waals surface area (Å²) in [4.78, 5) is 15.8. The Hall–Kier alpha value is -1.32. The van der Waals surface area contributed by atoms with Crippen molar-refractivity contribution < 1.29 is 14.6 Å². The first kappa shape index (κ1) is 11.8. The number of hydrogen-bond donors (Lipinski definition) is 1. The fraction of sp³-hybridized carbons (Fsp3) is 0.636. The number of carbonyl (C=O) groups excluding carboxylic acids is 1. The summed E-state index contributed by atoms with van der Waals surface area (Å²) in [6.45, 7) is 5.77. The van der Waals surface area contributed by atoms with Crippen LogP contribution in [0.4, 0.5) is 0 Å². The first-order valence-electron chi connectivity index (χ1n) is 5.24. The van der Waals surface area contributed by atoms with E-state index in [0.717, 1.165) is 6.42 Å². The van der Waals surface area contributed by atoms with Gasteiger partial charge < -0.3 is 9.84 Å². The lowest BCUT2D eigenvalue weighted by molar-refractivity contribution is -0.138. The molecule has 0 aromatic rings. The Labute approximate surface area is 89.7 Å². The minimum Gasteiger partial charge on any atom is -0.511 e. The molecule has 1 aliphatic heterocycles. The quantitative estimate of drug-likeness (QED) is 0.726. The Balaban J connectivity index is 2.89. The normalized spacial score (nSPS) is 21.3. The number of ether oxygens (including phenoxy) is 1. The molecule has 0 fully saturated rings. The van der Waals surface area contributed by atoms with Gasteiger partial charge in [-0.25, -0.2) is 4.79 Å². The number of dihydropyridines is 1. The summed E-state index contributed by atoms with van der Waals surface area (Å²) < 4.78 is 4.85. The van der Waals surface area contributed by atoms with Crippen LogP contribution in [0.1, 0.15) is 33.6 Å². The summed E-state index contributed by atoms with van der Waals surface area (Å²) >= 11 is 0. The molecular weight excluding hydrogens is 194 g/mol. The van der Waals surface area contributed by atoms with Crippen molar-refractivity contribution in [1.29, 1.82) is 0 Å². The first-order valence-corrected chi connectivity index (χ1v) is 5.24. The molecule has 0 aromatic heterocycles. The minimum atomic E-state index is -0.481. The van der Waals surface area contributed by atoms with Crippen molar-refractivity contribution in [2.24, 2.45) is 4.99 Å². The highest BCUT2D eigenvalue weighted by atomic mass is 16.5. The number of rotatable bonds is 3. The van der Waals surface area contributed by atoms with Crippen LogP contribution in [0.5, 0.6) is 0 Å². The number of hydrogen-bond acceptors (Lipinski definition) is 4. The van der Waals surface area contributed by atoms with Crippen LogP contribution in [0.15, 0.2) is 16.3 Å². The van der Waals surface area contributed by atoms with Gasteiger partial charge in [-0.05, 0) is 20.3 Å². The summed E-state index contributed by atoms with van der Waals surface area (Å²) in [5, 5.41) is 9.74. The third-order valence-corrected chi connectivity index (χ3v) is 2.41. The Kier molecular flexibility index (Phi) is 3.88. The maximum Gasteiger partial charge on any atom is 0.343 e. The fourth-order valence-electron chi connectivity index (χ4n) is 1.62. The number of aliphatic imine (C=N–C) groups is 1. The van der Waals surface area contributed by atoms with Crippen molar-refractivity contribution in [1.82, 2.24) is 0 Å². The predicted molar refractivity (Wildman–Crippen MR) is 58.1 cm³/mol. The van der Waals surface area contributed by atoms with Crippen molar-refractivity contribution in [3.8, 4) is 0 Å². The maximum atomic E-state index is 11.5. The number of nitrogens with zero attached hydrogens (tertiary/aromatic N) is 1. The van der Waals surface area contributed by atoms with Crippen LogP contribution in [-0.2, 0) is 9.53 Å². The van der Waals surface area contributed by atoms with Gasteiger partial charge in [-0.2, -0.15) is 0 Å². The number of aliphatic hydroxyl groups excluding tert-OH is 1. The van der Waals surface area contributed by atoms with E-state index in [1.54, 1.807) is 13.8 Å². The standard InChI is InChI=1S/C11H17NO3/c1-4-8-6-9(13)10(7(3)12-8)11(14)15-5-2/h8,13H,4-6H2,1-3H3. The zero-order chi connectivity index (χ0) is 11.4. The molecule has 1 rings (SSSR count). The topological polar surface area (TPSA) is 58.9 Å². The second kappa shape index (κ2) is 4.96. The second-order valence-corrected chi connectivity index (χ2v) is 3.52. The number of aliphatic hydroxyl groups is 1. The Bertz CT molecular complexity index is 318. The van der Waals surface area contributed by atoms with E-state index in [9.17, 15) is 9.90 Å². The largest absolute Gasteiger partial charge is 0.511 e. The van der Waals surface area contributed by atoms with Gasteiger partial charge in [-0.3, -0.25) is 4.99 Å². The highest BCUT2D eigenvalue weighted by Crippen LogP contribution is 2.21. The molecule has 84 valence electrons. The fourth-order valence-corrected chi connectivity index (χ4v) is 1.62. The number of esters is 1. The molecule has 0 radical (unpaired) electrons. The van der Waals surface area contributed by atoms with Gasteiger partial charge in [0.15, 0.2) is 0 Å². The molecule has 0 saturated heterocycles. The predicted octanol–water partition coefficient (Wildman–Crippen LogP) is 2.00. The molecule has 0 saturated carbocycles. The lowest BCUT2D eigenvalue weighted by Crippen LogP contribution is -2.23. The second-order valence-electron chi connectivity index (χ2n) is 3.52. The van der Waals surface area contributed by atoms with Crippen molar-refractivity contribution in [3.05, 3.63) is 11.3 Å². The Morgan fingerprint density at radius 1 is 1.60 bits per heavy atom. The van der Waals surface area contributed by atoms with Gasteiger partial charge in [0.1, 0.15) is 11.3 Å². The lowest BCUT2D eigenvalue weighted by Gasteiger charge is -2.19. The van der Waals surface area contributed by atoms with Crippen molar-refractivity contribution in [2.45, 2.75) is 39.7 Å². The molecule has 0 bridgehead atoms. The number of carbonyl (C=O) groups is 1. The van der Waals surface area contributed by atoms with E-state index in [0.29, 0.717) is 18.7 Å². The Morgan fingerprint density at radius 3 is 2.73 bits per heavy atom. The third-order valence-electron chi connectivity index (χ3n) is 2.41. The summed E-state index contributed by atoms with van der Waals surface area (Å²) in [7, 11) is 0. The molecule has 0 amide bonds. The van der Waals surface area contributed by atoms with Gasteiger partial charge in [0.2, 0.25) is 0 Å². The van der Waals surface area contributed by atoms with E-state index in [1.165, 1.54) is 0 Å². The van der Waals surface area contributed by atoms with Crippen molar-refractivity contribution >= 4 is 11.7 Å². The molecule has 1 aliphatic rings. The van der Waals surface area contributed by atoms with Gasteiger partial charge in [0.05, 0.1) is 12.6 Å².